The van der Waals surface area contributed by atoms with Crippen molar-refractivity contribution in [3.05, 3.63) is 34.9 Å². The van der Waals surface area contributed by atoms with E-state index in [1.54, 1.807) is 0 Å². The third kappa shape index (κ3) is 6.67. The van der Waals surface area contributed by atoms with Crippen molar-refractivity contribution in [3.8, 4) is 0 Å². The third-order valence-corrected chi connectivity index (χ3v) is 4.73. The summed E-state index contributed by atoms with van der Waals surface area (Å²) in [5, 5.41) is 7.55. The van der Waals surface area contributed by atoms with Crippen LogP contribution in [0.3, 0.4) is 0 Å². The molecule has 1 heterocycles. The van der Waals surface area contributed by atoms with Crippen LogP contribution in [0.4, 0.5) is 0 Å². The number of nitrogens with zero attached hydrogens (tertiary/aromatic N) is 3. The average Bonchev–Trinajstić information content (AvgIpc) is 2.62. The Balaban J connectivity index is 1.59. The fourth-order valence-corrected chi connectivity index (χ4v) is 2.98. The number of aliphatic imine (C=N–C) groups is 1. The quantitative estimate of drug-likeness (QED) is 0.579. The van der Waals surface area contributed by atoms with Gasteiger partial charge in [-0.1, -0.05) is 30.7 Å². The molecule has 0 amide bonds. The molecular formula is C18H30ClN5. The predicted octanol–water partition coefficient (Wildman–Crippen LogP) is 1.68. The zero-order valence-electron chi connectivity index (χ0n) is 14.9. The summed E-state index contributed by atoms with van der Waals surface area (Å²) in [6.07, 6.45) is 0.955. The van der Waals surface area contributed by atoms with Crippen LogP contribution in [0.25, 0.3) is 0 Å². The minimum Gasteiger partial charge on any atom is -0.356 e. The lowest BCUT2D eigenvalue weighted by atomic mass is 10.1. The molecule has 0 spiro atoms. The lowest BCUT2D eigenvalue weighted by Gasteiger charge is -2.34. The highest BCUT2D eigenvalue weighted by Gasteiger charge is 2.14. The first-order chi connectivity index (χ1) is 11.7. The SMILES string of the molecule is CCN1CCN(CCNC(=NC)NCCc2ccc(Cl)cc2)CC1. The molecule has 2 N–H and O–H groups in total. The van der Waals surface area contributed by atoms with Gasteiger partial charge in [-0.25, -0.2) is 0 Å². The van der Waals surface area contributed by atoms with Gasteiger partial charge in [0.1, 0.15) is 0 Å². The summed E-state index contributed by atoms with van der Waals surface area (Å²) in [7, 11) is 1.82. The van der Waals surface area contributed by atoms with E-state index >= 15 is 0 Å². The maximum Gasteiger partial charge on any atom is 0.191 e. The second-order valence-electron chi connectivity index (χ2n) is 6.08. The molecular weight excluding hydrogens is 322 g/mol. The van der Waals surface area contributed by atoms with Crippen LogP contribution in [0, 0.1) is 0 Å². The number of rotatable bonds is 7. The first-order valence-corrected chi connectivity index (χ1v) is 9.22. The van der Waals surface area contributed by atoms with Crippen LogP contribution in [-0.2, 0) is 6.42 Å². The van der Waals surface area contributed by atoms with Crippen LogP contribution in [0.1, 0.15) is 12.5 Å². The van der Waals surface area contributed by atoms with Crippen LogP contribution in [-0.4, -0.2) is 75.2 Å². The number of likely N-dealkylation sites (N-methyl/N-ethyl adjacent to an activating group) is 1. The summed E-state index contributed by atoms with van der Waals surface area (Å²) in [4.78, 5) is 9.30. The fourth-order valence-electron chi connectivity index (χ4n) is 2.86. The first kappa shape index (κ1) is 19.0. The number of benzene rings is 1. The standard InChI is InChI=1S/C18H30ClN5/c1-3-23-12-14-24(15-13-23)11-10-22-18(20-2)21-9-8-16-4-6-17(19)7-5-16/h4-7H,3,8-15H2,1-2H3,(H2,20,21,22). The van der Waals surface area contributed by atoms with E-state index in [1.165, 1.54) is 18.7 Å². The van der Waals surface area contributed by atoms with Crippen molar-refractivity contribution >= 4 is 17.6 Å². The van der Waals surface area contributed by atoms with E-state index in [9.17, 15) is 0 Å². The number of halogens is 1. The van der Waals surface area contributed by atoms with Crippen molar-refractivity contribution in [2.75, 3.05) is 59.4 Å². The summed E-state index contributed by atoms with van der Waals surface area (Å²) < 4.78 is 0. The normalized spacial score (nSPS) is 17.0. The molecule has 0 saturated carbocycles. The van der Waals surface area contributed by atoms with Gasteiger partial charge in [0.25, 0.3) is 0 Å². The molecule has 2 rings (SSSR count). The summed E-state index contributed by atoms with van der Waals surface area (Å²) in [6, 6.07) is 8.00. The molecule has 0 bridgehead atoms. The molecule has 1 aliphatic heterocycles. The van der Waals surface area contributed by atoms with Crippen molar-refractivity contribution in [1.29, 1.82) is 0 Å². The molecule has 1 saturated heterocycles. The molecule has 0 unspecified atom stereocenters. The Labute approximate surface area is 151 Å². The lowest BCUT2D eigenvalue weighted by molar-refractivity contribution is 0.139. The molecule has 1 aliphatic rings. The molecule has 1 fully saturated rings. The van der Waals surface area contributed by atoms with E-state index in [-0.39, 0.29) is 0 Å². The molecule has 0 atom stereocenters. The Hall–Kier alpha value is -1.30. The van der Waals surface area contributed by atoms with E-state index in [2.05, 4.69) is 44.5 Å². The maximum atomic E-state index is 5.90. The van der Waals surface area contributed by atoms with E-state index in [4.69, 9.17) is 11.6 Å². The molecule has 6 heteroatoms. The molecule has 0 aromatic heterocycles. The lowest BCUT2D eigenvalue weighted by Crippen LogP contribution is -2.49. The maximum absolute atomic E-state index is 5.90. The second-order valence-corrected chi connectivity index (χ2v) is 6.51. The average molecular weight is 352 g/mol. The summed E-state index contributed by atoms with van der Waals surface area (Å²) in [6.45, 7) is 10.9. The molecule has 24 heavy (non-hydrogen) atoms. The van der Waals surface area contributed by atoms with Crippen molar-refractivity contribution in [3.63, 3.8) is 0 Å². The molecule has 1 aromatic rings. The minimum atomic E-state index is 0.781. The monoisotopic (exact) mass is 351 g/mol. The smallest absolute Gasteiger partial charge is 0.191 e. The van der Waals surface area contributed by atoms with Gasteiger partial charge in [0.05, 0.1) is 0 Å². The zero-order chi connectivity index (χ0) is 17.2. The number of hydrogen-bond donors (Lipinski definition) is 2. The Morgan fingerprint density at radius 3 is 2.29 bits per heavy atom. The Morgan fingerprint density at radius 1 is 1.04 bits per heavy atom. The van der Waals surface area contributed by atoms with Gasteiger partial charge in [-0.15, -0.1) is 0 Å². The number of guanidine groups is 1. The van der Waals surface area contributed by atoms with Gasteiger partial charge in [0.2, 0.25) is 0 Å². The highest BCUT2D eigenvalue weighted by molar-refractivity contribution is 6.30. The Bertz CT molecular complexity index is 495. The van der Waals surface area contributed by atoms with Crippen molar-refractivity contribution in [2.45, 2.75) is 13.3 Å². The summed E-state index contributed by atoms with van der Waals surface area (Å²) in [5.41, 5.74) is 1.27. The van der Waals surface area contributed by atoms with Crippen LogP contribution in [0.15, 0.2) is 29.3 Å². The molecule has 0 radical (unpaired) electrons. The number of piperazine rings is 1. The number of nitrogens with one attached hydrogen (secondary N) is 2. The van der Waals surface area contributed by atoms with Gasteiger partial charge in [0.15, 0.2) is 5.96 Å². The van der Waals surface area contributed by atoms with E-state index in [0.29, 0.717) is 0 Å². The molecule has 0 aliphatic carbocycles. The Kier molecular flexibility index (Phi) is 8.36. The summed E-state index contributed by atoms with van der Waals surface area (Å²) in [5.74, 6) is 0.871. The highest BCUT2D eigenvalue weighted by Crippen LogP contribution is 2.09. The largest absolute Gasteiger partial charge is 0.356 e. The zero-order valence-corrected chi connectivity index (χ0v) is 15.6. The minimum absolute atomic E-state index is 0.781. The third-order valence-electron chi connectivity index (χ3n) is 4.48. The van der Waals surface area contributed by atoms with E-state index < -0.39 is 0 Å². The predicted molar refractivity (Wildman–Crippen MR) is 103 cm³/mol. The second kappa shape index (κ2) is 10.5. The van der Waals surface area contributed by atoms with Gasteiger partial charge in [-0.2, -0.15) is 0 Å². The van der Waals surface area contributed by atoms with E-state index in [0.717, 1.165) is 56.7 Å². The van der Waals surface area contributed by atoms with Crippen molar-refractivity contribution < 1.29 is 0 Å². The van der Waals surface area contributed by atoms with Gasteiger partial charge < -0.3 is 15.5 Å². The van der Waals surface area contributed by atoms with Crippen molar-refractivity contribution in [1.82, 2.24) is 20.4 Å². The molecule has 134 valence electrons. The molecule has 5 nitrogen and oxygen atoms in total. The topological polar surface area (TPSA) is 42.9 Å². The highest BCUT2D eigenvalue weighted by atomic mass is 35.5. The number of hydrogen-bond acceptors (Lipinski definition) is 3. The van der Waals surface area contributed by atoms with Gasteiger partial charge in [0, 0.05) is 57.9 Å². The van der Waals surface area contributed by atoms with Crippen LogP contribution in [0.2, 0.25) is 5.02 Å². The molecule has 1 aromatic carbocycles. The van der Waals surface area contributed by atoms with Gasteiger partial charge >= 0.3 is 0 Å². The van der Waals surface area contributed by atoms with Gasteiger partial charge in [-0.3, -0.25) is 9.89 Å². The summed E-state index contributed by atoms with van der Waals surface area (Å²) >= 11 is 5.90. The Morgan fingerprint density at radius 2 is 1.67 bits per heavy atom. The van der Waals surface area contributed by atoms with Crippen LogP contribution in [0.5, 0.6) is 0 Å². The van der Waals surface area contributed by atoms with Crippen LogP contribution < -0.4 is 10.6 Å². The van der Waals surface area contributed by atoms with Crippen molar-refractivity contribution in [2.24, 2.45) is 4.99 Å². The van der Waals surface area contributed by atoms with Crippen LogP contribution >= 0.6 is 11.6 Å². The first-order valence-electron chi connectivity index (χ1n) is 8.85. The van der Waals surface area contributed by atoms with E-state index in [1.807, 2.05) is 19.2 Å². The van der Waals surface area contributed by atoms with Gasteiger partial charge in [-0.05, 0) is 30.7 Å². The fraction of sp³-hybridized carbons (Fsp3) is 0.611.